The summed E-state index contributed by atoms with van der Waals surface area (Å²) in [5.74, 6) is 0.268. The molecule has 122 valence electrons. The van der Waals surface area contributed by atoms with Crippen LogP contribution in [0.3, 0.4) is 0 Å². The topological polar surface area (TPSA) is 56.4 Å². The summed E-state index contributed by atoms with van der Waals surface area (Å²) in [5.41, 5.74) is 3.50. The molecule has 0 atom stereocenters. The average Bonchev–Trinajstić information content (AvgIpc) is 2.88. The summed E-state index contributed by atoms with van der Waals surface area (Å²) in [7, 11) is 0. The van der Waals surface area contributed by atoms with Crippen molar-refractivity contribution in [1.29, 1.82) is 0 Å². The Balaban J connectivity index is 1.61. The highest BCUT2D eigenvalue weighted by atomic mass is 16.2. The predicted octanol–water partition coefficient (Wildman–Crippen LogP) is 2.10. The zero-order chi connectivity index (χ0) is 16.4. The van der Waals surface area contributed by atoms with Gasteiger partial charge >= 0.3 is 0 Å². The van der Waals surface area contributed by atoms with E-state index < -0.39 is 0 Å². The van der Waals surface area contributed by atoms with Gasteiger partial charge in [-0.1, -0.05) is 18.2 Å². The number of H-pyrrole nitrogens is 1. The second-order valence-corrected chi connectivity index (χ2v) is 6.16. The third-order valence-corrected chi connectivity index (χ3v) is 4.69. The molecule has 1 saturated heterocycles. The lowest BCUT2D eigenvalue weighted by molar-refractivity contribution is -0.138. The van der Waals surface area contributed by atoms with E-state index in [0.29, 0.717) is 32.6 Å². The molecule has 23 heavy (non-hydrogen) atoms. The van der Waals surface area contributed by atoms with E-state index in [0.717, 1.165) is 17.6 Å². The molecule has 1 aromatic carbocycles. The van der Waals surface area contributed by atoms with Gasteiger partial charge in [0.15, 0.2) is 0 Å². The molecule has 0 saturated carbocycles. The third-order valence-electron chi connectivity index (χ3n) is 4.69. The monoisotopic (exact) mass is 313 g/mol. The van der Waals surface area contributed by atoms with Crippen LogP contribution in [0.25, 0.3) is 10.9 Å². The summed E-state index contributed by atoms with van der Waals surface area (Å²) in [6.45, 7) is 6.22. The van der Waals surface area contributed by atoms with Crippen molar-refractivity contribution in [3.05, 3.63) is 35.5 Å². The molecule has 3 rings (SSSR count). The molecule has 0 spiro atoms. The van der Waals surface area contributed by atoms with Crippen molar-refractivity contribution < 1.29 is 9.59 Å². The van der Waals surface area contributed by atoms with Gasteiger partial charge in [0.05, 0.1) is 0 Å². The number of hydrogen-bond acceptors (Lipinski definition) is 2. The van der Waals surface area contributed by atoms with Crippen molar-refractivity contribution in [2.24, 2.45) is 0 Å². The number of benzene rings is 1. The molecule has 1 aliphatic heterocycles. The quantitative estimate of drug-likeness (QED) is 0.943. The largest absolute Gasteiger partial charge is 0.358 e. The van der Waals surface area contributed by atoms with E-state index in [-0.39, 0.29) is 11.8 Å². The molecule has 2 aromatic rings. The van der Waals surface area contributed by atoms with Crippen molar-refractivity contribution in [2.45, 2.75) is 26.7 Å². The minimum absolute atomic E-state index is 0.0894. The Morgan fingerprint density at radius 1 is 1.09 bits per heavy atom. The summed E-state index contributed by atoms with van der Waals surface area (Å²) in [5, 5.41) is 1.21. The molecule has 5 heteroatoms. The maximum Gasteiger partial charge on any atom is 0.223 e. The molecule has 1 aliphatic rings. The second kappa shape index (κ2) is 6.44. The van der Waals surface area contributed by atoms with Crippen molar-refractivity contribution in [3.63, 3.8) is 0 Å². The number of fused-ring (bicyclic) bond motifs is 1. The minimum Gasteiger partial charge on any atom is -0.358 e. The molecule has 0 bridgehead atoms. The fourth-order valence-electron chi connectivity index (χ4n) is 3.32. The Morgan fingerprint density at radius 2 is 1.74 bits per heavy atom. The van der Waals surface area contributed by atoms with Crippen LogP contribution in [-0.4, -0.2) is 52.8 Å². The molecule has 2 amide bonds. The Hall–Kier alpha value is -2.30. The van der Waals surface area contributed by atoms with E-state index in [1.807, 2.05) is 17.0 Å². The number of hydrogen-bond donors (Lipinski definition) is 1. The van der Waals surface area contributed by atoms with Gasteiger partial charge in [0.1, 0.15) is 0 Å². The van der Waals surface area contributed by atoms with Gasteiger partial charge in [0, 0.05) is 56.1 Å². The standard InChI is InChI=1S/C18H23N3O2/c1-13-15(16-5-3-4-6-17(16)19-13)7-8-18(23)21-11-9-20(10-12-21)14(2)22/h3-6,19H,7-12H2,1-2H3. The number of para-hydroxylation sites is 1. The fourth-order valence-corrected chi connectivity index (χ4v) is 3.32. The van der Waals surface area contributed by atoms with E-state index in [1.165, 1.54) is 10.9 Å². The highest BCUT2D eigenvalue weighted by Crippen LogP contribution is 2.23. The van der Waals surface area contributed by atoms with Gasteiger partial charge in [-0.2, -0.15) is 0 Å². The number of piperazine rings is 1. The van der Waals surface area contributed by atoms with E-state index in [4.69, 9.17) is 0 Å². The summed E-state index contributed by atoms with van der Waals surface area (Å²) >= 11 is 0. The van der Waals surface area contributed by atoms with Gasteiger partial charge in [0.2, 0.25) is 11.8 Å². The van der Waals surface area contributed by atoms with Crippen LogP contribution in [0.5, 0.6) is 0 Å². The highest BCUT2D eigenvalue weighted by molar-refractivity contribution is 5.85. The first-order chi connectivity index (χ1) is 11.1. The Labute approximate surface area is 136 Å². The van der Waals surface area contributed by atoms with Crippen molar-refractivity contribution in [2.75, 3.05) is 26.2 Å². The van der Waals surface area contributed by atoms with Gasteiger partial charge in [-0.25, -0.2) is 0 Å². The first-order valence-electron chi connectivity index (χ1n) is 8.15. The number of aryl methyl sites for hydroxylation is 2. The second-order valence-electron chi connectivity index (χ2n) is 6.16. The zero-order valence-corrected chi connectivity index (χ0v) is 13.8. The van der Waals surface area contributed by atoms with Gasteiger partial charge < -0.3 is 14.8 Å². The van der Waals surface area contributed by atoms with Crippen LogP contribution >= 0.6 is 0 Å². The smallest absolute Gasteiger partial charge is 0.223 e. The van der Waals surface area contributed by atoms with Gasteiger partial charge in [-0.15, -0.1) is 0 Å². The molecule has 1 N–H and O–H groups in total. The lowest BCUT2D eigenvalue weighted by Crippen LogP contribution is -2.50. The number of carbonyl (C=O) groups is 2. The molecule has 0 aliphatic carbocycles. The maximum absolute atomic E-state index is 12.4. The zero-order valence-electron chi connectivity index (χ0n) is 13.8. The van der Waals surface area contributed by atoms with Crippen LogP contribution in [0.2, 0.25) is 0 Å². The maximum atomic E-state index is 12.4. The minimum atomic E-state index is 0.0894. The normalized spacial score (nSPS) is 15.2. The summed E-state index contributed by atoms with van der Waals surface area (Å²) < 4.78 is 0. The Morgan fingerprint density at radius 3 is 2.43 bits per heavy atom. The van der Waals surface area contributed by atoms with Crippen LogP contribution < -0.4 is 0 Å². The lowest BCUT2D eigenvalue weighted by atomic mass is 10.1. The first kappa shape index (κ1) is 15.6. The third kappa shape index (κ3) is 3.23. The number of aromatic nitrogens is 1. The van der Waals surface area contributed by atoms with Crippen LogP contribution in [0.15, 0.2) is 24.3 Å². The Bertz CT molecular complexity index is 727. The molecule has 0 radical (unpaired) electrons. The fraction of sp³-hybridized carbons (Fsp3) is 0.444. The molecule has 5 nitrogen and oxygen atoms in total. The number of amides is 2. The van der Waals surface area contributed by atoms with E-state index in [9.17, 15) is 9.59 Å². The number of aromatic amines is 1. The SMILES string of the molecule is CC(=O)N1CCN(C(=O)CCc2c(C)[nH]c3ccccc23)CC1. The molecular weight excluding hydrogens is 290 g/mol. The van der Waals surface area contributed by atoms with Gasteiger partial charge in [-0.3, -0.25) is 9.59 Å². The predicted molar refractivity (Wildman–Crippen MR) is 90.2 cm³/mol. The highest BCUT2D eigenvalue weighted by Gasteiger charge is 2.22. The van der Waals surface area contributed by atoms with E-state index in [2.05, 4.69) is 24.0 Å². The first-order valence-corrected chi connectivity index (χ1v) is 8.15. The van der Waals surface area contributed by atoms with Crippen molar-refractivity contribution in [1.82, 2.24) is 14.8 Å². The van der Waals surface area contributed by atoms with Crippen molar-refractivity contribution >= 4 is 22.7 Å². The summed E-state index contributed by atoms with van der Waals surface area (Å²) in [6.07, 6.45) is 1.27. The summed E-state index contributed by atoms with van der Waals surface area (Å²) in [4.78, 5) is 30.8. The Kier molecular flexibility index (Phi) is 4.37. The molecule has 0 unspecified atom stereocenters. The number of carbonyl (C=O) groups excluding carboxylic acids is 2. The molecular formula is C18H23N3O2. The van der Waals surface area contributed by atoms with Gasteiger partial charge in [-0.05, 0) is 25.0 Å². The van der Waals surface area contributed by atoms with Crippen LogP contribution in [-0.2, 0) is 16.0 Å². The van der Waals surface area contributed by atoms with Crippen LogP contribution in [0, 0.1) is 6.92 Å². The average molecular weight is 313 g/mol. The molecule has 2 heterocycles. The van der Waals surface area contributed by atoms with Gasteiger partial charge in [0.25, 0.3) is 0 Å². The van der Waals surface area contributed by atoms with Crippen LogP contribution in [0.1, 0.15) is 24.6 Å². The number of nitrogens with zero attached hydrogens (tertiary/aromatic N) is 2. The summed E-state index contributed by atoms with van der Waals surface area (Å²) in [6, 6.07) is 8.21. The van der Waals surface area contributed by atoms with E-state index in [1.54, 1.807) is 11.8 Å². The van der Waals surface area contributed by atoms with E-state index >= 15 is 0 Å². The molecule has 1 fully saturated rings. The lowest BCUT2D eigenvalue weighted by Gasteiger charge is -2.34. The number of rotatable bonds is 3. The van der Waals surface area contributed by atoms with Crippen LogP contribution in [0.4, 0.5) is 0 Å². The van der Waals surface area contributed by atoms with Crippen molar-refractivity contribution in [3.8, 4) is 0 Å². The number of nitrogens with one attached hydrogen (secondary N) is 1. The molecule has 1 aromatic heterocycles.